The molecule has 4 heavy (non-hydrogen) atoms. The van der Waals surface area contributed by atoms with Crippen molar-refractivity contribution in [3.05, 3.63) is 0 Å². The minimum atomic E-state index is 0. The van der Waals surface area contributed by atoms with Crippen LogP contribution >= 0.6 is 46.0 Å². The summed E-state index contributed by atoms with van der Waals surface area (Å²) in [6.45, 7) is 0. The van der Waals surface area contributed by atoms with Crippen molar-refractivity contribution >= 4 is 46.0 Å². The fraction of sp³-hybridized carbons (Fsp3) is 0. The van der Waals surface area contributed by atoms with E-state index >= 15 is 0 Å². The van der Waals surface area contributed by atoms with E-state index in [0.29, 0.717) is 0 Å². The second-order valence-corrected chi connectivity index (χ2v) is 2.62. The van der Waals surface area contributed by atoms with Gasteiger partial charge in [0.1, 0.15) is 46.0 Å². The van der Waals surface area contributed by atoms with Crippen LogP contribution < -0.4 is 0 Å². The van der Waals surface area contributed by atoms with Crippen molar-refractivity contribution in [1.29, 1.82) is 0 Å². The molecular weight excluding hydrogens is 422 g/mol. The predicted molar refractivity (Wildman–Crippen MR) is 29.1 cm³/mol. The van der Waals surface area contributed by atoms with Gasteiger partial charge < -0.3 is 0 Å². The van der Waals surface area contributed by atoms with Crippen LogP contribution in [0.4, 0.5) is 0 Å². The van der Waals surface area contributed by atoms with Crippen LogP contribution in [0.15, 0.2) is 0 Å². The molecule has 0 aliphatic heterocycles. The second-order valence-electron chi connectivity index (χ2n) is 0.0583. The van der Waals surface area contributed by atoms with Gasteiger partial charge in [-0.2, -0.15) is 0 Å². The third kappa shape index (κ3) is 8.89. The molecule has 1 radical (unpaired) electrons. The van der Waals surface area contributed by atoms with Crippen molar-refractivity contribution in [2.24, 2.45) is 0 Å². The summed E-state index contributed by atoms with van der Waals surface area (Å²) in [5, 5.41) is 0. The van der Waals surface area contributed by atoms with Crippen LogP contribution in [0.5, 0.6) is 0 Å². The van der Waals surface area contributed by atoms with E-state index in [1.165, 1.54) is 0 Å². The maximum absolute atomic E-state index is 4.19. The van der Waals surface area contributed by atoms with Crippen molar-refractivity contribution in [3.8, 4) is 0 Å². The van der Waals surface area contributed by atoms with Gasteiger partial charge in [0.25, 0.3) is 0 Å². The molecule has 0 atom stereocenters. The summed E-state index contributed by atoms with van der Waals surface area (Å²) in [5.74, 6) is 0. The first-order valence-corrected chi connectivity index (χ1v) is 2.07. The topological polar surface area (TPSA) is 9.23 Å². The third-order valence-electron chi connectivity index (χ3n) is 0. The van der Waals surface area contributed by atoms with Crippen LogP contribution in [0.1, 0.15) is 0 Å². The predicted octanol–water partition coefficient (Wildman–Crippen LogP) is 1.70. The zero-order valence-electron chi connectivity index (χ0n) is 1.54. The maximum Gasteiger partial charge on any atom is 2.00 e. The van der Waals surface area contributed by atoms with Gasteiger partial charge >= 0.3 is 49.4 Å². The van der Waals surface area contributed by atoms with Gasteiger partial charge in [-0.15, -0.1) is 0 Å². The van der Waals surface area contributed by atoms with E-state index in [1.807, 2.05) is 0 Å². The Labute approximate surface area is 94.2 Å². The summed E-state index contributed by atoms with van der Waals surface area (Å²) in [6, 6.07) is 0. The first-order chi connectivity index (χ1) is 1.41. The molecule has 0 saturated carbocycles. The van der Waals surface area contributed by atoms with Gasteiger partial charge in [-0.25, -0.2) is 1.40 Å². The Morgan fingerprint density at radius 3 is 1.25 bits per heavy atom. The fourth-order valence-corrected chi connectivity index (χ4v) is 0. The minimum Gasteiger partial charge on any atom is -0.247 e. The normalized spacial score (nSPS) is 4.50. The first kappa shape index (κ1) is 10.1. The molecule has 0 aromatic heterocycles. The summed E-state index contributed by atoms with van der Waals surface area (Å²) in [6.07, 6.45) is 0. The monoisotopic (exact) mass is 423 g/mol. The van der Waals surface area contributed by atoms with Crippen LogP contribution in [0.2, 0.25) is 0 Å². The van der Waals surface area contributed by atoms with Crippen LogP contribution in [0, 0.1) is 49.4 Å². The number of hydrogen-bond acceptors (Lipinski definition) is 1. The van der Waals surface area contributed by atoms with Crippen molar-refractivity contribution in [2.75, 3.05) is 0 Å². The third-order valence-corrected chi connectivity index (χ3v) is 0. The Balaban J connectivity index is 0. The number of halogens is 2. The van der Waals surface area contributed by atoms with Crippen molar-refractivity contribution in [1.82, 2.24) is 0 Å². The molecule has 4 heteroatoms. The molecule has 0 aromatic rings. The van der Waals surface area contributed by atoms with E-state index in [-0.39, 0.29) is 49.4 Å². The molecule has 0 fully saturated rings. The van der Waals surface area contributed by atoms with Gasteiger partial charge in [0.05, 0.1) is 0 Å². The van der Waals surface area contributed by atoms with Crippen molar-refractivity contribution < 1.29 is 50.8 Å². The Hall–Kier alpha value is 3.00. The van der Waals surface area contributed by atoms with Crippen molar-refractivity contribution in [3.63, 3.8) is 0 Å². The van der Waals surface area contributed by atoms with E-state index in [0.717, 1.165) is 0 Å². The Bertz CT molecular complexity index is 6.00. The van der Waals surface area contributed by atoms with Crippen LogP contribution in [-0.2, 0) is 1.40 Å². The molecule has 0 aromatic carbocycles. The van der Waals surface area contributed by atoms with Crippen molar-refractivity contribution in [2.45, 2.75) is 0 Å². The summed E-state index contributed by atoms with van der Waals surface area (Å²) in [5.41, 5.74) is 0. The van der Waals surface area contributed by atoms with E-state index in [9.17, 15) is 0 Å². The zero-order valence-corrected chi connectivity index (χ0v) is 8.28. The smallest absolute Gasteiger partial charge is 0.247 e. The van der Waals surface area contributed by atoms with E-state index in [4.69, 9.17) is 0 Å². The quantitative estimate of drug-likeness (QED) is 0.541. The molecule has 1 nitrogen and oxygen atoms in total. The second kappa shape index (κ2) is 9.38. The molecule has 0 spiro atoms. The molecule has 0 N–H and O–H groups in total. The minimum absolute atomic E-state index is 0. The van der Waals surface area contributed by atoms with Gasteiger partial charge in [0.15, 0.2) is 0 Å². The van der Waals surface area contributed by atoms with Crippen LogP contribution in [0.3, 0.4) is 0 Å². The Kier molecular flexibility index (Phi) is 23.6. The maximum atomic E-state index is 4.19. The van der Waals surface area contributed by atoms with Crippen LogP contribution in [0.25, 0.3) is 0 Å². The molecule has 0 unspecified atom stereocenters. The molecule has 0 rings (SSSR count). The number of hydrogen-bond donors (Lipinski definition) is 0. The van der Waals surface area contributed by atoms with E-state index in [1.54, 1.807) is 46.0 Å². The van der Waals surface area contributed by atoms with Gasteiger partial charge in [0, 0.05) is 0 Å². The van der Waals surface area contributed by atoms with Gasteiger partial charge in [-0.05, 0) is 0 Å². The largest absolute Gasteiger partial charge is 2.00 e. The number of rotatable bonds is 0. The summed E-state index contributed by atoms with van der Waals surface area (Å²) in [7, 11) is 0. The van der Waals surface area contributed by atoms with E-state index < -0.39 is 0 Å². The summed E-state index contributed by atoms with van der Waals surface area (Å²) in [4.78, 5) is 0. The summed E-state index contributed by atoms with van der Waals surface area (Å²) < 4.78 is 4.19. The molecule has 25 valence electrons. The molecule has 0 saturated heterocycles. The van der Waals surface area contributed by atoms with Crippen LogP contribution in [-0.4, -0.2) is 0 Å². The SMILES string of the molecule is IOI.[Eu+2]. The Morgan fingerprint density at radius 2 is 1.25 bits per heavy atom. The first-order valence-electron chi connectivity index (χ1n) is 0.309. The van der Waals surface area contributed by atoms with Gasteiger partial charge in [-0.1, -0.05) is 0 Å². The molecule has 0 heterocycles. The molecule has 0 amide bonds. The molecular formula is EuI2O+2. The average Bonchev–Trinajstić information content (AvgIpc) is 0.918. The van der Waals surface area contributed by atoms with E-state index in [2.05, 4.69) is 1.40 Å². The van der Waals surface area contributed by atoms with Gasteiger partial charge in [-0.3, -0.25) is 0 Å². The van der Waals surface area contributed by atoms with Gasteiger partial charge in [0.2, 0.25) is 0 Å². The Morgan fingerprint density at radius 1 is 1.25 bits per heavy atom. The molecule has 0 aliphatic rings. The standard InChI is InChI=1S/Eu.I2O/c;1-3-2/q+2;. The molecule has 0 aliphatic carbocycles. The average molecular weight is 422 g/mol. The summed E-state index contributed by atoms with van der Waals surface area (Å²) >= 11 is 3.55. The fourth-order valence-electron chi connectivity index (χ4n) is 0. The zero-order chi connectivity index (χ0) is 2.71. The molecule has 0 bridgehead atoms.